The summed E-state index contributed by atoms with van der Waals surface area (Å²) in [5, 5.41) is 13.6. The molecule has 0 radical (unpaired) electrons. The predicted octanol–water partition coefficient (Wildman–Crippen LogP) is 3.68. The minimum Gasteiger partial charge on any atom is -0.418 e. The summed E-state index contributed by atoms with van der Waals surface area (Å²) in [6, 6.07) is 9.13. The molecule has 0 aliphatic rings. The summed E-state index contributed by atoms with van der Waals surface area (Å²) in [6.07, 6.45) is 1.57. The zero-order valence-corrected chi connectivity index (χ0v) is 11.5. The van der Waals surface area contributed by atoms with Crippen molar-refractivity contribution in [3.8, 4) is 6.07 Å². The van der Waals surface area contributed by atoms with Crippen LogP contribution >= 0.6 is 11.6 Å². The number of nitriles is 1. The van der Waals surface area contributed by atoms with Crippen LogP contribution in [0.3, 0.4) is 0 Å². The Morgan fingerprint density at radius 1 is 1.60 bits per heavy atom. The zero-order chi connectivity index (χ0) is 14.5. The van der Waals surface area contributed by atoms with Gasteiger partial charge in [0.1, 0.15) is 6.07 Å². The summed E-state index contributed by atoms with van der Waals surface area (Å²) >= 11 is 5.86. The van der Waals surface area contributed by atoms with Crippen molar-refractivity contribution in [2.24, 2.45) is 5.10 Å². The SMILES string of the molecule is C=C(C)c1nc(C#N)c(N/N=C\c2cccc(Cl)c2)o1. The Hall–Kier alpha value is -2.58. The molecule has 1 aromatic heterocycles. The zero-order valence-electron chi connectivity index (χ0n) is 10.7. The molecule has 0 bridgehead atoms. The Morgan fingerprint density at radius 3 is 3.05 bits per heavy atom. The van der Waals surface area contributed by atoms with Gasteiger partial charge < -0.3 is 4.42 Å². The van der Waals surface area contributed by atoms with Gasteiger partial charge in [0.25, 0.3) is 5.88 Å². The van der Waals surface area contributed by atoms with Crippen molar-refractivity contribution in [1.82, 2.24) is 4.98 Å². The highest BCUT2D eigenvalue weighted by Gasteiger charge is 2.12. The lowest BCUT2D eigenvalue weighted by Crippen LogP contribution is -1.91. The molecule has 1 heterocycles. The second-order valence-corrected chi connectivity index (χ2v) is 4.45. The minimum absolute atomic E-state index is 0.131. The number of aromatic nitrogens is 1. The van der Waals surface area contributed by atoms with Gasteiger partial charge in [-0.3, -0.25) is 0 Å². The maximum atomic E-state index is 8.95. The van der Waals surface area contributed by atoms with Crippen LogP contribution in [0.25, 0.3) is 5.57 Å². The fourth-order valence-corrected chi connectivity index (χ4v) is 1.61. The second-order valence-electron chi connectivity index (χ2n) is 4.01. The smallest absolute Gasteiger partial charge is 0.252 e. The van der Waals surface area contributed by atoms with E-state index >= 15 is 0 Å². The number of hydrogen-bond acceptors (Lipinski definition) is 5. The van der Waals surface area contributed by atoms with E-state index in [1.807, 2.05) is 18.2 Å². The molecular weight excluding hydrogens is 276 g/mol. The number of allylic oxidation sites excluding steroid dienone is 1. The molecule has 0 fully saturated rings. The van der Waals surface area contributed by atoms with E-state index in [0.717, 1.165) is 5.56 Å². The van der Waals surface area contributed by atoms with Gasteiger partial charge in [-0.15, -0.1) is 0 Å². The van der Waals surface area contributed by atoms with E-state index in [2.05, 4.69) is 22.1 Å². The van der Waals surface area contributed by atoms with Gasteiger partial charge in [-0.05, 0) is 24.6 Å². The summed E-state index contributed by atoms with van der Waals surface area (Å²) in [4.78, 5) is 3.98. The fourth-order valence-electron chi connectivity index (χ4n) is 1.41. The summed E-state index contributed by atoms with van der Waals surface area (Å²) in [7, 11) is 0. The van der Waals surface area contributed by atoms with Crippen LogP contribution in [0.15, 0.2) is 40.4 Å². The van der Waals surface area contributed by atoms with E-state index in [1.165, 1.54) is 0 Å². The Balaban J connectivity index is 2.15. The average Bonchev–Trinajstić information content (AvgIpc) is 2.82. The molecule has 20 heavy (non-hydrogen) atoms. The molecule has 0 unspecified atom stereocenters. The lowest BCUT2D eigenvalue weighted by atomic mass is 10.2. The standard InChI is InChI=1S/C14H11ClN4O/c1-9(2)13-18-12(7-16)14(20-13)19-17-8-10-4-3-5-11(15)6-10/h3-6,8,19H,1H2,2H3/b17-8-. The van der Waals surface area contributed by atoms with Gasteiger partial charge in [0.15, 0.2) is 0 Å². The molecule has 6 heteroatoms. The third-order valence-corrected chi connectivity index (χ3v) is 2.56. The third-order valence-electron chi connectivity index (χ3n) is 2.33. The van der Waals surface area contributed by atoms with Crippen LogP contribution in [-0.4, -0.2) is 11.2 Å². The lowest BCUT2D eigenvalue weighted by Gasteiger charge is -1.96. The molecular formula is C14H11ClN4O. The number of hydrogen-bond donors (Lipinski definition) is 1. The van der Waals surface area contributed by atoms with Crippen LogP contribution in [0.1, 0.15) is 24.1 Å². The van der Waals surface area contributed by atoms with Gasteiger partial charge in [-0.1, -0.05) is 30.3 Å². The lowest BCUT2D eigenvalue weighted by molar-refractivity contribution is 0.554. The summed E-state index contributed by atoms with van der Waals surface area (Å²) in [6.45, 7) is 5.45. The normalized spacial score (nSPS) is 10.4. The molecule has 5 nitrogen and oxygen atoms in total. The maximum absolute atomic E-state index is 8.95. The molecule has 0 atom stereocenters. The van der Waals surface area contributed by atoms with Crippen molar-refractivity contribution in [2.75, 3.05) is 5.43 Å². The molecule has 0 aliphatic carbocycles. The van der Waals surface area contributed by atoms with Crippen molar-refractivity contribution in [2.45, 2.75) is 6.92 Å². The number of hydrazone groups is 1. The molecule has 0 spiro atoms. The Bertz CT molecular complexity index is 712. The van der Waals surface area contributed by atoms with Crippen LogP contribution in [0.4, 0.5) is 5.88 Å². The molecule has 0 amide bonds. The van der Waals surface area contributed by atoms with Crippen molar-refractivity contribution in [3.63, 3.8) is 0 Å². The van der Waals surface area contributed by atoms with Crippen LogP contribution in [0, 0.1) is 11.3 Å². The van der Waals surface area contributed by atoms with Crippen LogP contribution in [0.5, 0.6) is 0 Å². The third kappa shape index (κ3) is 3.25. The topological polar surface area (TPSA) is 74.2 Å². The van der Waals surface area contributed by atoms with Gasteiger partial charge in [0, 0.05) is 10.6 Å². The Labute approximate surface area is 121 Å². The van der Waals surface area contributed by atoms with Gasteiger partial charge in [0.05, 0.1) is 6.21 Å². The highest BCUT2D eigenvalue weighted by Crippen LogP contribution is 2.20. The molecule has 100 valence electrons. The molecule has 2 rings (SSSR count). The first-order chi connectivity index (χ1) is 9.60. The fraction of sp³-hybridized carbons (Fsp3) is 0.0714. The van der Waals surface area contributed by atoms with E-state index in [-0.39, 0.29) is 11.6 Å². The van der Waals surface area contributed by atoms with Crippen molar-refractivity contribution in [1.29, 1.82) is 5.26 Å². The molecule has 1 N–H and O–H groups in total. The quantitative estimate of drug-likeness (QED) is 0.687. The van der Waals surface area contributed by atoms with Gasteiger partial charge in [-0.25, -0.2) is 5.43 Å². The summed E-state index contributed by atoms with van der Waals surface area (Å²) < 4.78 is 5.34. The van der Waals surface area contributed by atoms with Crippen LogP contribution in [0.2, 0.25) is 5.02 Å². The Morgan fingerprint density at radius 2 is 2.40 bits per heavy atom. The number of halogens is 1. The highest BCUT2D eigenvalue weighted by molar-refractivity contribution is 6.30. The second kappa shape index (κ2) is 6.04. The Kier molecular flexibility index (Phi) is 4.18. The van der Waals surface area contributed by atoms with E-state index < -0.39 is 0 Å². The number of nitrogens with zero attached hydrogens (tertiary/aromatic N) is 3. The first-order valence-corrected chi connectivity index (χ1v) is 6.09. The van der Waals surface area contributed by atoms with Crippen LogP contribution < -0.4 is 5.43 Å². The van der Waals surface area contributed by atoms with Crippen LogP contribution in [-0.2, 0) is 0 Å². The molecule has 1 aromatic carbocycles. The summed E-state index contributed by atoms with van der Waals surface area (Å²) in [5.74, 6) is 0.491. The molecule has 0 saturated heterocycles. The number of benzene rings is 1. The highest BCUT2D eigenvalue weighted by atomic mass is 35.5. The molecule has 0 saturated carbocycles. The van der Waals surface area contributed by atoms with Gasteiger partial charge >= 0.3 is 0 Å². The first-order valence-electron chi connectivity index (χ1n) is 5.71. The first kappa shape index (κ1) is 13.8. The van der Waals surface area contributed by atoms with E-state index in [4.69, 9.17) is 21.3 Å². The number of oxazole rings is 1. The van der Waals surface area contributed by atoms with Crippen molar-refractivity contribution < 1.29 is 4.42 Å². The van der Waals surface area contributed by atoms with Crippen molar-refractivity contribution >= 4 is 29.3 Å². The minimum atomic E-state index is 0.131. The summed E-state index contributed by atoms with van der Waals surface area (Å²) in [5.41, 5.74) is 4.23. The predicted molar refractivity (Wildman–Crippen MR) is 78.6 cm³/mol. The van der Waals surface area contributed by atoms with Gasteiger partial charge in [-0.2, -0.15) is 15.3 Å². The average molecular weight is 287 g/mol. The number of anilines is 1. The van der Waals surface area contributed by atoms with Gasteiger partial charge in [0.2, 0.25) is 11.6 Å². The van der Waals surface area contributed by atoms with Crippen molar-refractivity contribution in [3.05, 3.63) is 53.0 Å². The molecule has 2 aromatic rings. The van der Waals surface area contributed by atoms with E-state index in [1.54, 1.807) is 25.3 Å². The monoisotopic (exact) mass is 286 g/mol. The number of nitrogens with one attached hydrogen (secondary N) is 1. The largest absolute Gasteiger partial charge is 0.418 e. The maximum Gasteiger partial charge on any atom is 0.252 e. The molecule has 0 aliphatic heterocycles. The van der Waals surface area contributed by atoms with E-state index in [9.17, 15) is 0 Å². The van der Waals surface area contributed by atoms with E-state index in [0.29, 0.717) is 16.5 Å². The number of rotatable bonds is 4.